The van der Waals surface area contributed by atoms with Gasteiger partial charge in [-0.1, -0.05) is 26.2 Å². The first-order chi connectivity index (χ1) is 12.0. The van der Waals surface area contributed by atoms with Crippen LogP contribution in [0.2, 0.25) is 0 Å². The van der Waals surface area contributed by atoms with Gasteiger partial charge in [0.05, 0.1) is 26.3 Å². The summed E-state index contributed by atoms with van der Waals surface area (Å²) in [5, 5.41) is 14.9. The van der Waals surface area contributed by atoms with Crippen molar-refractivity contribution in [1.29, 1.82) is 0 Å². The van der Waals surface area contributed by atoms with Crippen LogP contribution < -0.4 is 20.1 Å². The van der Waals surface area contributed by atoms with Crippen molar-refractivity contribution < 1.29 is 24.2 Å². The van der Waals surface area contributed by atoms with Gasteiger partial charge in [0.25, 0.3) is 0 Å². The van der Waals surface area contributed by atoms with E-state index in [-0.39, 0.29) is 6.42 Å². The number of ether oxygens (including phenoxy) is 2. The molecule has 1 atom stereocenters. The zero-order valence-corrected chi connectivity index (χ0v) is 15.1. The third-order valence-corrected chi connectivity index (χ3v) is 3.79. The van der Waals surface area contributed by atoms with Crippen LogP contribution in [-0.4, -0.2) is 43.8 Å². The van der Waals surface area contributed by atoms with Crippen LogP contribution in [0.25, 0.3) is 0 Å². The number of amides is 1. The third kappa shape index (κ3) is 7.43. The van der Waals surface area contributed by atoms with Gasteiger partial charge >= 0.3 is 5.97 Å². The van der Waals surface area contributed by atoms with Gasteiger partial charge in [-0.3, -0.25) is 9.59 Å². The van der Waals surface area contributed by atoms with Crippen LogP contribution in [0.15, 0.2) is 18.2 Å². The normalized spacial score (nSPS) is 11.6. The van der Waals surface area contributed by atoms with Gasteiger partial charge < -0.3 is 25.2 Å². The van der Waals surface area contributed by atoms with E-state index in [1.807, 2.05) is 0 Å². The number of nitrogens with one attached hydrogen (secondary N) is 2. The first-order valence-corrected chi connectivity index (χ1v) is 8.49. The van der Waals surface area contributed by atoms with E-state index in [9.17, 15) is 14.7 Å². The molecule has 0 spiro atoms. The number of rotatable bonds is 12. The summed E-state index contributed by atoms with van der Waals surface area (Å²) in [7, 11) is 3.02. The van der Waals surface area contributed by atoms with Gasteiger partial charge in [0.2, 0.25) is 5.91 Å². The van der Waals surface area contributed by atoms with E-state index in [0.717, 1.165) is 25.7 Å². The summed E-state index contributed by atoms with van der Waals surface area (Å²) in [6.45, 7) is 2.69. The number of carbonyl (C=O) groups is 2. The summed E-state index contributed by atoms with van der Waals surface area (Å²) in [6.07, 6.45) is 4.01. The summed E-state index contributed by atoms with van der Waals surface area (Å²) >= 11 is 0. The molecule has 0 radical (unpaired) electrons. The average Bonchev–Trinajstić information content (AvgIpc) is 2.60. The molecular weight excluding hydrogens is 324 g/mol. The lowest BCUT2D eigenvalue weighted by Gasteiger charge is -2.16. The van der Waals surface area contributed by atoms with Crippen LogP contribution >= 0.6 is 0 Å². The lowest BCUT2D eigenvalue weighted by atomic mass is 10.1. The van der Waals surface area contributed by atoms with Gasteiger partial charge in [-0.05, 0) is 25.1 Å². The lowest BCUT2D eigenvalue weighted by Crippen LogP contribution is -2.40. The number of benzene rings is 1. The van der Waals surface area contributed by atoms with E-state index < -0.39 is 17.9 Å². The van der Waals surface area contributed by atoms with Crippen LogP contribution in [-0.2, 0) is 9.59 Å². The van der Waals surface area contributed by atoms with Gasteiger partial charge in [0.15, 0.2) is 0 Å². The van der Waals surface area contributed by atoms with E-state index in [1.54, 1.807) is 18.2 Å². The summed E-state index contributed by atoms with van der Waals surface area (Å²) in [4.78, 5) is 23.6. The number of unbranched alkanes of at least 4 members (excludes halogenated alkanes) is 3. The SMILES string of the molecule is CCCCCCN[C@@H](CC(=O)Nc1cc(OC)ccc1OC)C(=O)O. The number of methoxy groups -OCH3 is 2. The molecule has 1 amide bonds. The summed E-state index contributed by atoms with van der Waals surface area (Å²) < 4.78 is 10.3. The molecule has 3 N–H and O–H groups in total. The number of anilines is 1. The van der Waals surface area contributed by atoms with Crippen molar-refractivity contribution in [3.63, 3.8) is 0 Å². The summed E-state index contributed by atoms with van der Waals surface area (Å²) in [5.74, 6) is -0.392. The van der Waals surface area contributed by atoms with Crippen molar-refractivity contribution in [2.45, 2.75) is 45.1 Å². The maximum atomic E-state index is 12.2. The Morgan fingerprint density at radius 3 is 2.52 bits per heavy atom. The highest BCUT2D eigenvalue weighted by atomic mass is 16.5. The predicted octanol–water partition coefficient (Wildman–Crippen LogP) is 2.66. The maximum absolute atomic E-state index is 12.2. The standard InChI is InChI=1S/C18H28N2O5/c1-4-5-6-7-10-19-15(18(22)23)12-17(21)20-14-11-13(24-2)8-9-16(14)25-3/h8-9,11,15,19H,4-7,10,12H2,1-3H3,(H,20,21)(H,22,23)/t15-/m0/s1. The number of hydrogen-bond acceptors (Lipinski definition) is 5. The van der Waals surface area contributed by atoms with E-state index in [0.29, 0.717) is 23.7 Å². The fourth-order valence-electron chi connectivity index (χ4n) is 2.37. The monoisotopic (exact) mass is 352 g/mol. The molecule has 0 saturated carbocycles. The Morgan fingerprint density at radius 1 is 1.16 bits per heavy atom. The number of carbonyl (C=O) groups excluding carboxylic acids is 1. The van der Waals surface area contributed by atoms with Gasteiger partial charge in [-0.15, -0.1) is 0 Å². The Hall–Kier alpha value is -2.28. The Labute approximate surface area is 148 Å². The Bertz CT molecular complexity index is 562. The third-order valence-electron chi connectivity index (χ3n) is 3.79. The molecule has 0 saturated heterocycles. The fourth-order valence-corrected chi connectivity index (χ4v) is 2.37. The molecule has 1 aromatic rings. The second-order valence-electron chi connectivity index (χ2n) is 5.72. The molecule has 25 heavy (non-hydrogen) atoms. The summed E-state index contributed by atoms with van der Waals surface area (Å²) in [5.41, 5.74) is 0.443. The molecule has 1 aromatic carbocycles. The van der Waals surface area contributed by atoms with Crippen molar-refractivity contribution in [2.24, 2.45) is 0 Å². The topological polar surface area (TPSA) is 96.9 Å². The Kier molecular flexibility index (Phi) is 9.39. The quantitative estimate of drug-likeness (QED) is 0.501. The molecule has 0 aliphatic carbocycles. The maximum Gasteiger partial charge on any atom is 0.321 e. The van der Waals surface area contributed by atoms with Crippen molar-refractivity contribution in [2.75, 3.05) is 26.1 Å². The minimum atomic E-state index is -1.04. The van der Waals surface area contributed by atoms with Crippen molar-refractivity contribution in [3.05, 3.63) is 18.2 Å². The van der Waals surface area contributed by atoms with Crippen LogP contribution in [0.1, 0.15) is 39.0 Å². The lowest BCUT2D eigenvalue weighted by molar-refractivity contribution is -0.141. The molecule has 0 bridgehead atoms. The second-order valence-corrected chi connectivity index (χ2v) is 5.72. The van der Waals surface area contributed by atoms with Crippen molar-refractivity contribution >= 4 is 17.6 Å². The Balaban J connectivity index is 2.61. The van der Waals surface area contributed by atoms with Crippen molar-refractivity contribution in [1.82, 2.24) is 5.32 Å². The van der Waals surface area contributed by atoms with E-state index in [4.69, 9.17) is 9.47 Å². The molecule has 0 heterocycles. The van der Waals surface area contributed by atoms with Crippen LogP contribution in [0.5, 0.6) is 11.5 Å². The van der Waals surface area contributed by atoms with Gasteiger partial charge in [0, 0.05) is 6.07 Å². The number of aliphatic carboxylic acids is 1. The molecular formula is C18H28N2O5. The van der Waals surface area contributed by atoms with Gasteiger partial charge in [-0.25, -0.2) is 0 Å². The fraction of sp³-hybridized carbons (Fsp3) is 0.556. The minimum Gasteiger partial charge on any atom is -0.497 e. The Morgan fingerprint density at radius 2 is 1.92 bits per heavy atom. The number of carboxylic acid groups (broad SMARTS) is 1. The molecule has 0 unspecified atom stereocenters. The molecule has 7 nitrogen and oxygen atoms in total. The molecule has 0 fully saturated rings. The van der Waals surface area contributed by atoms with Crippen molar-refractivity contribution in [3.8, 4) is 11.5 Å². The second kappa shape index (κ2) is 11.3. The first kappa shape index (κ1) is 20.8. The van der Waals surface area contributed by atoms with Crippen LogP contribution in [0, 0.1) is 0 Å². The number of hydrogen-bond donors (Lipinski definition) is 3. The highest BCUT2D eigenvalue weighted by Gasteiger charge is 2.21. The molecule has 140 valence electrons. The smallest absolute Gasteiger partial charge is 0.321 e. The van der Waals surface area contributed by atoms with Crippen LogP contribution in [0.3, 0.4) is 0 Å². The largest absolute Gasteiger partial charge is 0.497 e. The first-order valence-electron chi connectivity index (χ1n) is 8.49. The number of carboxylic acids is 1. The molecule has 0 aliphatic heterocycles. The highest BCUT2D eigenvalue weighted by molar-refractivity contribution is 5.95. The molecule has 0 aromatic heterocycles. The molecule has 1 rings (SSSR count). The minimum absolute atomic E-state index is 0.163. The van der Waals surface area contributed by atoms with Gasteiger partial charge in [0.1, 0.15) is 17.5 Å². The molecule has 0 aliphatic rings. The zero-order chi connectivity index (χ0) is 18.7. The average molecular weight is 352 g/mol. The van der Waals surface area contributed by atoms with E-state index >= 15 is 0 Å². The van der Waals surface area contributed by atoms with E-state index in [2.05, 4.69) is 17.6 Å². The highest BCUT2D eigenvalue weighted by Crippen LogP contribution is 2.29. The zero-order valence-electron chi connectivity index (χ0n) is 15.1. The van der Waals surface area contributed by atoms with Gasteiger partial charge in [-0.2, -0.15) is 0 Å². The summed E-state index contributed by atoms with van der Waals surface area (Å²) in [6, 6.07) is 4.10. The van der Waals surface area contributed by atoms with Crippen LogP contribution in [0.4, 0.5) is 5.69 Å². The van der Waals surface area contributed by atoms with E-state index in [1.165, 1.54) is 14.2 Å². The molecule has 7 heteroatoms. The predicted molar refractivity (Wildman–Crippen MR) is 96.4 cm³/mol.